The van der Waals surface area contributed by atoms with Crippen LogP contribution in [0.15, 0.2) is 59.6 Å². The topological polar surface area (TPSA) is 36.4 Å². The van der Waals surface area contributed by atoms with Gasteiger partial charge in [-0.15, -0.1) is 0 Å². The second-order valence-corrected chi connectivity index (χ2v) is 5.29. The summed E-state index contributed by atoms with van der Waals surface area (Å²) >= 11 is 0. The number of amidine groups is 1. The van der Waals surface area contributed by atoms with Crippen molar-refractivity contribution in [1.29, 1.82) is 0 Å². The molecular formula is C17H21N3. The van der Waals surface area contributed by atoms with Gasteiger partial charge in [-0.25, -0.2) is 4.99 Å². The minimum atomic E-state index is 0.191. The summed E-state index contributed by atoms with van der Waals surface area (Å²) in [6.45, 7) is 0. The molecule has 0 aromatic heterocycles. The quantitative estimate of drug-likeness (QED) is 0.879. The van der Waals surface area contributed by atoms with Gasteiger partial charge in [0.1, 0.15) is 6.17 Å². The fourth-order valence-electron chi connectivity index (χ4n) is 2.62. The van der Waals surface area contributed by atoms with E-state index < -0.39 is 0 Å². The number of anilines is 1. The summed E-state index contributed by atoms with van der Waals surface area (Å²) in [5, 5.41) is 7.03. The fraction of sp³-hybridized carbons (Fsp3) is 0.353. The van der Waals surface area contributed by atoms with E-state index in [4.69, 9.17) is 4.99 Å². The van der Waals surface area contributed by atoms with Gasteiger partial charge < -0.3 is 10.6 Å². The molecule has 0 saturated heterocycles. The highest BCUT2D eigenvalue weighted by Crippen LogP contribution is 2.17. The van der Waals surface area contributed by atoms with Crippen molar-refractivity contribution in [1.82, 2.24) is 5.32 Å². The zero-order chi connectivity index (χ0) is 13.6. The van der Waals surface area contributed by atoms with E-state index in [2.05, 4.69) is 47.1 Å². The third kappa shape index (κ3) is 3.50. The highest BCUT2D eigenvalue weighted by Gasteiger charge is 2.16. The third-order valence-electron chi connectivity index (χ3n) is 3.64. The molecule has 1 aliphatic heterocycles. The van der Waals surface area contributed by atoms with E-state index in [1.54, 1.807) is 0 Å². The summed E-state index contributed by atoms with van der Waals surface area (Å²) in [6.07, 6.45) is 13.2. The summed E-state index contributed by atoms with van der Waals surface area (Å²) in [4.78, 5) is 4.81. The number of rotatable bonds is 3. The number of hydrogen-bond donors (Lipinski definition) is 2. The number of allylic oxidation sites excluding steroid dienone is 2. The Morgan fingerprint density at radius 3 is 2.75 bits per heavy atom. The molecule has 3 nitrogen and oxygen atoms in total. The van der Waals surface area contributed by atoms with Crippen molar-refractivity contribution >= 4 is 11.5 Å². The minimum absolute atomic E-state index is 0.191. The van der Waals surface area contributed by atoms with Crippen LogP contribution in [-0.4, -0.2) is 18.0 Å². The Labute approximate surface area is 120 Å². The van der Waals surface area contributed by atoms with Crippen LogP contribution in [0.3, 0.4) is 0 Å². The van der Waals surface area contributed by atoms with E-state index in [0.29, 0.717) is 6.04 Å². The van der Waals surface area contributed by atoms with Gasteiger partial charge in [-0.3, -0.25) is 0 Å². The zero-order valence-corrected chi connectivity index (χ0v) is 11.6. The molecule has 0 amide bonds. The average molecular weight is 267 g/mol. The molecule has 2 N–H and O–H groups in total. The lowest BCUT2D eigenvalue weighted by molar-refractivity contribution is 0.594. The second kappa shape index (κ2) is 6.42. The predicted molar refractivity (Wildman–Crippen MR) is 85.0 cm³/mol. The second-order valence-electron chi connectivity index (χ2n) is 5.29. The Morgan fingerprint density at radius 1 is 1.05 bits per heavy atom. The molecule has 104 valence electrons. The molecule has 20 heavy (non-hydrogen) atoms. The van der Waals surface area contributed by atoms with Crippen LogP contribution in [0.4, 0.5) is 5.69 Å². The van der Waals surface area contributed by atoms with Crippen LogP contribution < -0.4 is 10.6 Å². The van der Waals surface area contributed by atoms with Crippen LogP contribution in [0.5, 0.6) is 0 Å². The Kier molecular flexibility index (Phi) is 4.16. The van der Waals surface area contributed by atoms with Gasteiger partial charge in [0.05, 0.1) is 5.84 Å². The molecule has 1 aromatic carbocycles. The maximum Gasteiger partial charge on any atom is 0.120 e. The van der Waals surface area contributed by atoms with E-state index >= 15 is 0 Å². The highest BCUT2D eigenvalue weighted by atomic mass is 15.1. The van der Waals surface area contributed by atoms with Crippen LogP contribution in [0, 0.1) is 0 Å². The first-order valence-corrected chi connectivity index (χ1v) is 7.38. The first kappa shape index (κ1) is 13.0. The molecule has 0 spiro atoms. The molecule has 2 unspecified atom stereocenters. The number of aliphatic imine (C=N–C) groups is 1. The van der Waals surface area contributed by atoms with Gasteiger partial charge in [0, 0.05) is 18.2 Å². The van der Waals surface area contributed by atoms with Gasteiger partial charge in [0.2, 0.25) is 0 Å². The number of benzene rings is 1. The minimum Gasteiger partial charge on any atom is -0.367 e. The van der Waals surface area contributed by atoms with Crippen LogP contribution in [0.2, 0.25) is 0 Å². The maximum absolute atomic E-state index is 4.81. The molecule has 2 atom stereocenters. The molecular weight excluding hydrogens is 246 g/mol. The average Bonchev–Trinajstić information content (AvgIpc) is 2.50. The lowest BCUT2D eigenvalue weighted by Gasteiger charge is -2.25. The monoisotopic (exact) mass is 267 g/mol. The molecule has 3 rings (SSSR count). The van der Waals surface area contributed by atoms with Crippen molar-refractivity contribution in [3.05, 3.63) is 54.6 Å². The van der Waals surface area contributed by atoms with Crippen molar-refractivity contribution in [2.75, 3.05) is 5.32 Å². The van der Waals surface area contributed by atoms with Crippen molar-refractivity contribution in [3.63, 3.8) is 0 Å². The smallest absolute Gasteiger partial charge is 0.120 e. The fourth-order valence-corrected chi connectivity index (χ4v) is 2.62. The number of para-hydroxylation sites is 1. The van der Waals surface area contributed by atoms with E-state index in [0.717, 1.165) is 30.8 Å². The largest absolute Gasteiger partial charge is 0.367 e. The summed E-state index contributed by atoms with van der Waals surface area (Å²) in [7, 11) is 0. The SMILES string of the molecule is C1=CCC(NC2=NC(Nc3ccccc3)CCC2)C=C1. The molecule has 0 saturated carbocycles. The Bertz CT molecular complexity index is 516. The maximum atomic E-state index is 4.81. The highest BCUT2D eigenvalue weighted by molar-refractivity contribution is 5.83. The molecule has 0 fully saturated rings. The number of nitrogens with one attached hydrogen (secondary N) is 2. The molecule has 1 aliphatic carbocycles. The Balaban J connectivity index is 1.60. The molecule has 0 radical (unpaired) electrons. The summed E-state index contributed by atoms with van der Waals surface area (Å²) < 4.78 is 0. The van der Waals surface area contributed by atoms with E-state index in [1.165, 1.54) is 6.42 Å². The lowest BCUT2D eigenvalue weighted by Crippen LogP contribution is -2.37. The van der Waals surface area contributed by atoms with Gasteiger partial charge in [-0.2, -0.15) is 0 Å². The van der Waals surface area contributed by atoms with Crippen molar-refractivity contribution in [2.45, 2.75) is 37.9 Å². The van der Waals surface area contributed by atoms with Gasteiger partial charge in [0.15, 0.2) is 0 Å². The Morgan fingerprint density at radius 2 is 1.95 bits per heavy atom. The summed E-state index contributed by atoms with van der Waals surface area (Å²) in [5.74, 6) is 1.13. The summed E-state index contributed by atoms with van der Waals surface area (Å²) in [6, 6.07) is 10.7. The van der Waals surface area contributed by atoms with Gasteiger partial charge >= 0.3 is 0 Å². The first-order valence-electron chi connectivity index (χ1n) is 7.38. The van der Waals surface area contributed by atoms with Crippen molar-refractivity contribution in [3.8, 4) is 0 Å². The number of nitrogens with zero attached hydrogens (tertiary/aromatic N) is 1. The van der Waals surface area contributed by atoms with E-state index in [1.807, 2.05) is 18.2 Å². The molecule has 1 aromatic rings. The van der Waals surface area contributed by atoms with Crippen LogP contribution in [-0.2, 0) is 0 Å². The summed E-state index contributed by atoms with van der Waals surface area (Å²) in [5.41, 5.74) is 1.14. The van der Waals surface area contributed by atoms with E-state index in [9.17, 15) is 0 Å². The van der Waals surface area contributed by atoms with E-state index in [-0.39, 0.29) is 6.17 Å². The van der Waals surface area contributed by atoms with Crippen molar-refractivity contribution in [2.24, 2.45) is 4.99 Å². The van der Waals surface area contributed by atoms with Crippen LogP contribution >= 0.6 is 0 Å². The molecule has 2 aliphatic rings. The predicted octanol–water partition coefficient (Wildman–Crippen LogP) is 3.48. The Hall–Kier alpha value is -2.03. The molecule has 3 heteroatoms. The molecule has 0 bridgehead atoms. The van der Waals surface area contributed by atoms with Gasteiger partial charge in [-0.05, 0) is 31.4 Å². The first-order chi connectivity index (χ1) is 9.90. The van der Waals surface area contributed by atoms with Crippen LogP contribution in [0.25, 0.3) is 0 Å². The number of hydrogen-bond acceptors (Lipinski definition) is 3. The lowest BCUT2D eigenvalue weighted by atomic mass is 10.1. The standard InChI is InChI=1S/C17H21N3/c1-3-8-14(9-4-1)18-16-12-7-13-17(20-16)19-15-10-5-2-6-11-15/h1-6,8-10,15-16,18H,7,11-13H2,(H,19,20). The van der Waals surface area contributed by atoms with Crippen molar-refractivity contribution < 1.29 is 0 Å². The third-order valence-corrected chi connectivity index (χ3v) is 3.64. The van der Waals surface area contributed by atoms with Crippen LogP contribution in [0.1, 0.15) is 25.7 Å². The normalized spacial score (nSPS) is 25.1. The molecule has 1 heterocycles. The van der Waals surface area contributed by atoms with Gasteiger partial charge in [0.25, 0.3) is 0 Å². The zero-order valence-electron chi connectivity index (χ0n) is 11.6. The van der Waals surface area contributed by atoms with Gasteiger partial charge in [-0.1, -0.05) is 42.5 Å².